The van der Waals surface area contributed by atoms with Crippen LogP contribution in [-0.4, -0.2) is 50.7 Å². The van der Waals surface area contributed by atoms with E-state index >= 15 is 0 Å². The van der Waals surface area contributed by atoms with E-state index in [4.69, 9.17) is 0 Å². The number of para-hydroxylation sites is 1. The van der Waals surface area contributed by atoms with Crippen molar-refractivity contribution >= 4 is 17.5 Å². The number of aromatic nitrogens is 3. The molecule has 2 fully saturated rings. The summed E-state index contributed by atoms with van der Waals surface area (Å²) in [6.07, 6.45) is 1.91. The molecule has 1 aromatic heterocycles. The topological polar surface area (TPSA) is 80.4 Å². The predicted octanol–water partition coefficient (Wildman–Crippen LogP) is 2.95. The highest BCUT2D eigenvalue weighted by atomic mass is 16.2. The number of hydrogen-bond acceptors (Lipinski definition) is 4. The van der Waals surface area contributed by atoms with Gasteiger partial charge in [0.1, 0.15) is 5.82 Å². The minimum absolute atomic E-state index is 0.0113. The van der Waals surface area contributed by atoms with E-state index in [-0.39, 0.29) is 35.8 Å². The van der Waals surface area contributed by atoms with Gasteiger partial charge in [-0.2, -0.15) is 5.10 Å². The number of rotatable bonds is 4. The van der Waals surface area contributed by atoms with Crippen molar-refractivity contribution in [3.8, 4) is 5.69 Å². The number of hydrogen-bond donors (Lipinski definition) is 0. The van der Waals surface area contributed by atoms with Crippen LogP contribution < -0.4 is 10.6 Å². The molecule has 8 heteroatoms. The molecule has 0 saturated carbocycles. The van der Waals surface area contributed by atoms with Gasteiger partial charge in [0.25, 0.3) is 0 Å². The Bertz CT molecular complexity index is 1330. The second-order valence-corrected chi connectivity index (χ2v) is 9.73. The summed E-state index contributed by atoms with van der Waals surface area (Å²) in [5, 5.41) is 4.55. The third-order valence-electron chi connectivity index (χ3n) is 7.34. The number of aryl methyl sites for hydroxylation is 3. The Morgan fingerprint density at radius 1 is 0.971 bits per heavy atom. The molecule has 182 valence electrons. The lowest BCUT2D eigenvalue weighted by atomic mass is 9.95. The highest BCUT2D eigenvalue weighted by molar-refractivity contribution is 6.00. The Labute approximate surface area is 204 Å². The van der Waals surface area contributed by atoms with E-state index in [0.717, 1.165) is 29.8 Å². The standard InChI is InChI=1S/C27H31N5O3/c1-18-11-12-23(14-19(18)2)31-17-21(15-24(31)33)26(34)30-13-7-8-20(16-30)25-28-29(3)27(35)32(25)22-9-5-4-6-10-22/h4-6,9-12,14,20-21H,7-8,13,15-17H2,1-3H3. The van der Waals surface area contributed by atoms with E-state index in [2.05, 4.69) is 5.10 Å². The van der Waals surface area contributed by atoms with Crippen LogP contribution in [0.15, 0.2) is 53.3 Å². The molecule has 0 N–H and O–H groups in total. The summed E-state index contributed by atoms with van der Waals surface area (Å²) >= 11 is 0. The Kier molecular flexibility index (Phi) is 6.05. The van der Waals surface area contributed by atoms with Gasteiger partial charge < -0.3 is 9.80 Å². The molecule has 8 nitrogen and oxygen atoms in total. The number of carbonyl (C=O) groups excluding carboxylic acids is 2. The van der Waals surface area contributed by atoms with Gasteiger partial charge in [-0.1, -0.05) is 24.3 Å². The lowest BCUT2D eigenvalue weighted by molar-refractivity contribution is -0.137. The van der Waals surface area contributed by atoms with Gasteiger partial charge >= 0.3 is 5.69 Å². The molecule has 2 aliphatic rings. The van der Waals surface area contributed by atoms with Gasteiger partial charge in [-0.15, -0.1) is 0 Å². The van der Waals surface area contributed by atoms with Crippen molar-refractivity contribution in [3.05, 3.63) is 76.0 Å². The average Bonchev–Trinajstić information content (AvgIpc) is 3.40. The number of carbonyl (C=O) groups is 2. The molecule has 3 aromatic rings. The lowest BCUT2D eigenvalue weighted by Crippen LogP contribution is -2.43. The van der Waals surface area contributed by atoms with Crippen LogP contribution in [0.25, 0.3) is 5.69 Å². The molecule has 0 radical (unpaired) electrons. The van der Waals surface area contributed by atoms with Gasteiger partial charge in [0.15, 0.2) is 0 Å². The normalized spacial score (nSPS) is 20.5. The quantitative estimate of drug-likeness (QED) is 0.584. The van der Waals surface area contributed by atoms with Crippen molar-refractivity contribution in [2.75, 3.05) is 24.5 Å². The molecule has 0 bridgehead atoms. The molecule has 3 heterocycles. The molecule has 2 unspecified atom stereocenters. The molecule has 2 aliphatic heterocycles. The van der Waals surface area contributed by atoms with Crippen LogP contribution in [0.1, 0.15) is 42.1 Å². The molecule has 0 aliphatic carbocycles. The summed E-state index contributed by atoms with van der Waals surface area (Å²) in [5.41, 5.74) is 3.74. The summed E-state index contributed by atoms with van der Waals surface area (Å²) in [7, 11) is 1.66. The molecule has 2 saturated heterocycles. The second kappa shape index (κ2) is 9.17. The Morgan fingerprint density at radius 2 is 1.74 bits per heavy atom. The summed E-state index contributed by atoms with van der Waals surface area (Å²) in [6, 6.07) is 15.5. The van der Waals surface area contributed by atoms with Gasteiger partial charge in [0.05, 0.1) is 11.6 Å². The van der Waals surface area contributed by atoms with E-state index in [1.54, 1.807) is 16.5 Å². The number of likely N-dealkylation sites (tertiary alicyclic amines) is 1. The smallest absolute Gasteiger partial charge is 0.342 e. The first-order chi connectivity index (χ1) is 16.8. The molecule has 0 spiro atoms. The third-order valence-corrected chi connectivity index (χ3v) is 7.34. The van der Waals surface area contributed by atoms with Gasteiger partial charge in [0.2, 0.25) is 11.8 Å². The Balaban J connectivity index is 1.34. The fourth-order valence-corrected chi connectivity index (χ4v) is 5.23. The van der Waals surface area contributed by atoms with Gasteiger partial charge in [-0.25, -0.2) is 14.0 Å². The first kappa shape index (κ1) is 23.1. The minimum Gasteiger partial charge on any atom is -0.342 e. The van der Waals surface area contributed by atoms with E-state index in [1.165, 1.54) is 10.2 Å². The summed E-state index contributed by atoms with van der Waals surface area (Å²) in [5.74, 6) is 0.278. The van der Waals surface area contributed by atoms with Crippen molar-refractivity contribution in [3.63, 3.8) is 0 Å². The van der Waals surface area contributed by atoms with Crippen molar-refractivity contribution in [1.82, 2.24) is 19.2 Å². The highest BCUT2D eigenvalue weighted by Crippen LogP contribution is 2.31. The summed E-state index contributed by atoms with van der Waals surface area (Å²) in [6.45, 7) is 5.63. The zero-order valence-electron chi connectivity index (χ0n) is 20.5. The minimum atomic E-state index is -0.358. The van der Waals surface area contributed by atoms with Crippen molar-refractivity contribution in [2.24, 2.45) is 13.0 Å². The van der Waals surface area contributed by atoms with Crippen LogP contribution in [0, 0.1) is 19.8 Å². The maximum atomic E-state index is 13.5. The molecule has 2 amide bonds. The zero-order chi connectivity index (χ0) is 24.7. The SMILES string of the molecule is Cc1ccc(N2CC(C(=O)N3CCCC(c4nn(C)c(=O)n4-c4ccccc4)C3)CC2=O)cc1C. The van der Waals surface area contributed by atoms with Crippen LogP contribution in [0.3, 0.4) is 0 Å². The van der Waals surface area contributed by atoms with Gasteiger partial charge in [-0.05, 0) is 62.1 Å². The van der Waals surface area contributed by atoms with Crippen LogP contribution in [0.4, 0.5) is 5.69 Å². The van der Waals surface area contributed by atoms with E-state index in [0.29, 0.717) is 25.5 Å². The zero-order valence-corrected chi connectivity index (χ0v) is 20.5. The number of piperidine rings is 1. The predicted molar refractivity (Wildman–Crippen MR) is 134 cm³/mol. The maximum absolute atomic E-state index is 13.5. The number of benzene rings is 2. The number of anilines is 1. The fraction of sp³-hybridized carbons (Fsp3) is 0.407. The maximum Gasteiger partial charge on any atom is 0.350 e. The summed E-state index contributed by atoms with van der Waals surface area (Å²) in [4.78, 5) is 42.8. The fourth-order valence-electron chi connectivity index (χ4n) is 5.23. The van der Waals surface area contributed by atoms with E-state index in [9.17, 15) is 14.4 Å². The monoisotopic (exact) mass is 473 g/mol. The number of nitrogens with zero attached hydrogens (tertiary/aromatic N) is 5. The second-order valence-electron chi connectivity index (χ2n) is 9.73. The highest BCUT2D eigenvalue weighted by Gasteiger charge is 2.39. The molecule has 2 aromatic carbocycles. The van der Waals surface area contributed by atoms with Gasteiger partial charge in [-0.3, -0.25) is 9.59 Å². The Morgan fingerprint density at radius 3 is 2.49 bits per heavy atom. The van der Waals surface area contributed by atoms with Crippen LogP contribution in [0.5, 0.6) is 0 Å². The molecular weight excluding hydrogens is 442 g/mol. The van der Waals surface area contributed by atoms with Crippen LogP contribution in [-0.2, 0) is 16.6 Å². The van der Waals surface area contributed by atoms with Crippen molar-refractivity contribution < 1.29 is 9.59 Å². The van der Waals surface area contributed by atoms with Crippen LogP contribution >= 0.6 is 0 Å². The van der Waals surface area contributed by atoms with Crippen molar-refractivity contribution in [1.29, 1.82) is 0 Å². The molecule has 35 heavy (non-hydrogen) atoms. The summed E-state index contributed by atoms with van der Waals surface area (Å²) < 4.78 is 3.01. The molecule has 2 atom stereocenters. The lowest BCUT2D eigenvalue weighted by Gasteiger charge is -2.33. The third kappa shape index (κ3) is 4.29. The van der Waals surface area contributed by atoms with E-state index < -0.39 is 0 Å². The first-order valence-electron chi connectivity index (χ1n) is 12.2. The van der Waals surface area contributed by atoms with E-state index in [1.807, 2.05) is 67.3 Å². The largest absolute Gasteiger partial charge is 0.350 e. The molecular formula is C27H31N5O3. The molecule has 5 rings (SSSR count). The average molecular weight is 474 g/mol. The Hall–Kier alpha value is -3.68. The van der Waals surface area contributed by atoms with Crippen molar-refractivity contribution in [2.45, 2.75) is 39.0 Å². The van der Waals surface area contributed by atoms with Crippen LogP contribution in [0.2, 0.25) is 0 Å². The van der Waals surface area contributed by atoms with Gasteiger partial charge in [0, 0.05) is 44.7 Å². The first-order valence-corrected chi connectivity index (χ1v) is 12.2. The number of amides is 2.